The van der Waals surface area contributed by atoms with Gasteiger partial charge in [-0.05, 0) is 42.5 Å². The highest BCUT2D eigenvalue weighted by atomic mass is 35.5. The van der Waals surface area contributed by atoms with Crippen molar-refractivity contribution in [1.29, 1.82) is 0 Å². The number of rotatable bonds is 7. The van der Waals surface area contributed by atoms with Crippen LogP contribution in [0.1, 0.15) is 6.42 Å². The molecule has 0 saturated carbocycles. The van der Waals surface area contributed by atoms with E-state index in [1.54, 1.807) is 24.3 Å². The van der Waals surface area contributed by atoms with Crippen molar-refractivity contribution in [3.8, 4) is 0 Å². The smallest absolute Gasteiger partial charge is 0.332 e. The Labute approximate surface area is 172 Å². The van der Waals surface area contributed by atoms with Gasteiger partial charge in [0.1, 0.15) is 11.9 Å². The van der Waals surface area contributed by atoms with E-state index in [9.17, 15) is 18.8 Å². The van der Waals surface area contributed by atoms with Gasteiger partial charge in [-0.3, -0.25) is 9.59 Å². The Kier molecular flexibility index (Phi) is 6.46. The van der Waals surface area contributed by atoms with Crippen molar-refractivity contribution >= 4 is 40.8 Å². The number of hydrogen-bond donors (Lipinski definition) is 1. The van der Waals surface area contributed by atoms with Gasteiger partial charge in [0, 0.05) is 24.4 Å². The molecule has 0 spiro atoms. The molecule has 9 heteroatoms. The summed E-state index contributed by atoms with van der Waals surface area (Å²) in [6.07, 6.45) is -0.269. The van der Waals surface area contributed by atoms with Crippen molar-refractivity contribution in [3.63, 3.8) is 0 Å². The van der Waals surface area contributed by atoms with Crippen molar-refractivity contribution in [2.45, 2.75) is 12.5 Å². The Morgan fingerprint density at radius 1 is 1.21 bits per heavy atom. The van der Waals surface area contributed by atoms with Crippen LogP contribution in [0.25, 0.3) is 0 Å². The number of imide groups is 1. The van der Waals surface area contributed by atoms with Crippen LogP contribution in [0.3, 0.4) is 0 Å². The summed E-state index contributed by atoms with van der Waals surface area (Å²) < 4.78 is 18.3. The molecule has 29 heavy (non-hydrogen) atoms. The van der Waals surface area contributed by atoms with Crippen molar-refractivity contribution in [3.05, 3.63) is 59.4 Å². The van der Waals surface area contributed by atoms with Crippen molar-refractivity contribution in [1.82, 2.24) is 4.90 Å². The Hall–Kier alpha value is -2.97. The number of benzene rings is 2. The highest BCUT2D eigenvalue weighted by Crippen LogP contribution is 2.28. The van der Waals surface area contributed by atoms with E-state index in [0.717, 1.165) is 4.90 Å². The lowest BCUT2D eigenvalue weighted by Crippen LogP contribution is -2.39. The predicted molar refractivity (Wildman–Crippen MR) is 106 cm³/mol. The number of anilines is 2. The lowest BCUT2D eigenvalue weighted by atomic mass is 10.1. The zero-order valence-corrected chi connectivity index (χ0v) is 16.4. The fraction of sp³-hybridized carbons (Fsp3) is 0.250. The molecule has 1 aliphatic rings. The number of carbonyl (C=O) groups is 3. The molecular weight excluding hydrogens is 401 g/mol. The second-order valence-electron chi connectivity index (χ2n) is 6.40. The highest BCUT2D eigenvalue weighted by Gasteiger charge is 2.46. The minimum absolute atomic E-state index is 0.142. The maximum atomic E-state index is 13.3. The van der Waals surface area contributed by atoms with Gasteiger partial charge in [0.2, 0.25) is 5.91 Å². The minimum Gasteiger partial charge on any atom is -0.383 e. The number of halogens is 2. The quantitative estimate of drug-likeness (QED) is 0.698. The van der Waals surface area contributed by atoms with Gasteiger partial charge in [-0.25, -0.2) is 14.1 Å². The molecule has 1 aliphatic heterocycles. The third-order valence-electron chi connectivity index (χ3n) is 4.43. The molecule has 1 heterocycles. The summed E-state index contributed by atoms with van der Waals surface area (Å²) in [6, 6.07) is 10.1. The average Bonchev–Trinajstić information content (AvgIpc) is 2.90. The molecular formula is C20H19ClFN3O4. The molecule has 0 aromatic heterocycles. The Balaban J connectivity index is 1.80. The van der Waals surface area contributed by atoms with Crippen LogP contribution in [-0.4, -0.2) is 49.0 Å². The predicted octanol–water partition coefficient (Wildman–Crippen LogP) is 3.29. The van der Waals surface area contributed by atoms with E-state index in [0.29, 0.717) is 10.7 Å². The third kappa shape index (κ3) is 4.72. The molecule has 1 atom stereocenters. The number of urea groups is 1. The Morgan fingerprint density at radius 3 is 2.59 bits per heavy atom. The SMILES string of the molecule is COCCN1C(=O)N(c2ccc(Cl)cc2)C(=O)C1CC(=O)Nc1cccc(F)c1. The molecule has 1 unspecified atom stereocenters. The van der Waals surface area contributed by atoms with Gasteiger partial charge < -0.3 is 15.0 Å². The topological polar surface area (TPSA) is 79.0 Å². The van der Waals surface area contributed by atoms with Crippen LogP contribution in [0, 0.1) is 5.82 Å². The van der Waals surface area contributed by atoms with Crippen molar-refractivity contribution < 1.29 is 23.5 Å². The molecule has 3 rings (SSSR count). The summed E-state index contributed by atoms with van der Waals surface area (Å²) >= 11 is 5.88. The molecule has 4 amide bonds. The fourth-order valence-corrected chi connectivity index (χ4v) is 3.18. The van der Waals surface area contributed by atoms with E-state index >= 15 is 0 Å². The molecule has 1 N–H and O–H groups in total. The maximum absolute atomic E-state index is 13.3. The number of nitrogens with zero attached hydrogens (tertiary/aromatic N) is 2. The van der Waals surface area contributed by atoms with Gasteiger partial charge in [0.05, 0.1) is 18.7 Å². The first-order valence-corrected chi connectivity index (χ1v) is 9.23. The zero-order chi connectivity index (χ0) is 21.0. The van der Waals surface area contributed by atoms with Gasteiger partial charge in [0.15, 0.2) is 0 Å². The second kappa shape index (κ2) is 9.02. The first-order valence-electron chi connectivity index (χ1n) is 8.85. The van der Waals surface area contributed by atoms with Gasteiger partial charge in [-0.15, -0.1) is 0 Å². The number of amides is 4. The summed E-state index contributed by atoms with van der Waals surface area (Å²) in [4.78, 5) is 40.6. The van der Waals surface area contributed by atoms with Gasteiger partial charge >= 0.3 is 6.03 Å². The normalized spacial score (nSPS) is 16.4. The standard InChI is InChI=1S/C20H19ClFN3O4/c1-29-10-9-24-17(12-18(26)23-15-4-2-3-14(22)11-15)19(27)25(20(24)28)16-7-5-13(21)6-8-16/h2-8,11,17H,9-10,12H2,1H3,(H,23,26). The first-order chi connectivity index (χ1) is 13.9. The maximum Gasteiger partial charge on any atom is 0.332 e. The monoisotopic (exact) mass is 419 g/mol. The van der Waals surface area contributed by atoms with Crippen LogP contribution >= 0.6 is 11.6 Å². The van der Waals surface area contributed by atoms with Gasteiger partial charge in [-0.2, -0.15) is 0 Å². The highest BCUT2D eigenvalue weighted by molar-refractivity contribution is 6.30. The number of hydrogen-bond acceptors (Lipinski definition) is 4. The lowest BCUT2D eigenvalue weighted by Gasteiger charge is -2.21. The van der Waals surface area contributed by atoms with E-state index in [4.69, 9.17) is 16.3 Å². The lowest BCUT2D eigenvalue weighted by molar-refractivity contribution is -0.124. The Bertz CT molecular complexity index is 922. The van der Waals surface area contributed by atoms with E-state index < -0.39 is 29.7 Å². The number of methoxy groups -OCH3 is 1. The fourth-order valence-electron chi connectivity index (χ4n) is 3.06. The zero-order valence-electron chi connectivity index (χ0n) is 15.6. The molecule has 152 valence electrons. The molecule has 0 aliphatic carbocycles. The van der Waals surface area contributed by atoms with Crippen molar-refractivity contribution in [2.75, 3.05) is 30.5 Å². The summed E-state index contributed by atoms with van der Waals surface area (Å²) in [5.74, 6) is -1.53. The molecule has 1 saturated heterocycles. The van der Waals surface area contributed by atoms with E-state index in [-0.39, 0.29) is 25.3 Å². The summed E-state index contributed by atoms with van der Waals surface area (Å²) in [5, 5.41) is 3.02. The summed E-state index contributed by atoms with van der Waals surface area (Å²) in [6.45, 7) is 0.346. The van der Waals surface area contributed by atoms with E-state index in [1.807, 2.05) is 0 Å². The Morgan fingerprint density at radius 2 is 1.93 bits per heavy atom. The number of ether oxygens (including phenoxy) is 1. The van der Waals surface area contributed by atoms with Gasteiger partial charge in [-0.1, -0.05) is 17.7 Å². The minimum atomic E-state index is -0.998. The van der Waals surface area contributed by atoms with Crippen LogP contribution < -0.4 is 10.2 Å². The van der Waals surface area contributed by atoms with E-state index in [1.165, 1.54) is 36.3 Å². The molecule has 0 bridgehead atoms. The molecule has 2 aromatic carbocycles. The van der Waals surface area contributed by atoms with E-state index in [2.05, 4.69) is 5.32 Å². The van der Waals surface area contributed by atoms with Crippen molar-refractivity contribution in [2.24, 2.45) is 0 Å². The van der Waals surface area contributed by atoms with Crippen LogP contribution in [0.5, 0.6) is 0 Å². The second-order valence-corrected chi connectivity index (χ2v) is 6.83. The van der Waals surface area contributed by atoms with Gasteiger partial charge in [0.25, 0.3) is 5.91 Å². The molecule has 0 radical (unpaired) electrons. The third-order valence-corrected chi connectivity index (χ3v) is 4.68. The number of carbonyl (C=O) groups excluding carboxylic acids is 3. The summed E-state index contributed by atoms with van der Waals surface area (Å²) in [7, 11) is 1.48. The molecule has 2 aromatic rings. The average molecular weight is 420 g/mol. The summed E-state index contributed by atoms with van der Waals surface area (Å²) in [5.41, 5.74) is 0.629. The largest absolute Gasteiger partial charge is 0.383 e. The van der Waals surface area contributed by atoms with Crippen LogP contribution in [-0.2, 0) is 14.3 Å². The number of nitrogens with one attached hydrogen (secondary N) is 1. The van der Waals surface area contributed by atoms with Crippen LogP contribution in [0.15, 0.2) is 48.5 Å². The molecule has 1 fully saturated rings. The van der Waals surface area contributed by atoms with Crippen LogP contribution in [0.4, 0.5) is 20.6 Å². The first kappa shape index (κ1) is 20.8. The van der Waals surface area contributed by atoms with Crippen LogP contribution in [0.2, 0.25) is 5.02 Å². The molecule has 7 nitrogen and oxygen atoms in total.